The van der Waals surface area contributed by atoms with Gasteiger partial charge in [0.05, 0.1) is 5.69 Å². The Hall–Kier alpha value is -2.89. The normalized spacial score (nSPS) is 11.6. The number of benzene rings is 2. The Labute approximate surface area is 158 Å². The van der Waals surface area contributed by atoms with Crippen LogP contribution in [0.2, 0.25) is 0 Å². The van der Waals surface area contributed by atoms with E-state index in [9.17, 15) is 9.18 Å². The molecule has 0 N–H and O–H groups in total. The summed E-state index contributed by atoms with van der Waals surface area (Å²) >= 11 is 0. The molecule has 6 heteroatoms. The molecule has 0 aliphatic heterocycles. The van der Waals surface area contributed by atoms with Crippen molar-refractivity contribution in [2.75, 3.05) is 0 Å². The second kappa shape index (κ2) is 7.39. The minimum Gasteiger partial charge on any atom is -0.294 e. The summed E-state index contributed by atoms with van der Waals surface area (Å²) in [7, 11) is 0. The number of hydrogen-bond donors (Lipinski definition) is 0. The van der Waals surface area contributed by atoms with Gasteiger partial charge in [0.25, 0.3) is 0 Å². The van der Waals surface area contributed by atoms with Gasteiger partial charge in [0.15, 0.2) is 11.6 Å². The zero-order valence-electron chi connectivity index (χ0n) is 16.0. The van der Waals surface area contributed by atoms with Gasteiger partial charge in [-0.1, -0.05) is 39.3 Å². The predicted octanol–water partition coefficient (Wildman–Crippen LogP) is 4.79. The second-order valence-corrected chi connectivity index (χ2v) is 7.53. The maximum atomic E-state index is 13.3. The van der Waals surface area contributed by atoms with E-state index < -0.39 is 0 Å². The van der Waals surface area contributed by atoms with Gasteiger partial charge >= 0.3 is 0 Å². The van der Waals surface area contributed by atoms with Crippen molar-refractivity contribution in [2.24, 2.45) is 5.41 Å². The summed E-state index contributed by atoms with van der Waals surface area (Å²) in [5, 5.41) is 11.6. The van der Waals surface area contributed by atoms with E-state index in [0.29, 0.717) is 23.5 Å². The van der Waals surface area contributed by atoms with E-state index in [4.69, 9.17) is 0 Å². The minimum atomic E-state index is -0.299. The fraction of sp³-hybridized carbons (Fsp3) is 0.333. The Morgan fingerprint density at radius 2 is 1.81 bits per heavy atom. The third kappa shape index (κ3) is 4.27. The first-order valence-corrected chi connectivity index (χ1v) is 8.99. The highest BCUT2D eigenvalue weighted by Crippen LogP contribution is 2.30. The first-order chi connectivity index (χ1) is 12.8. The predicted molar refractivity (Wildman–Crippen MR) is 102 cm³/mol. The van der Waals surface area contributed by atoms with Crippen LogP contribution in [-0.4, -0.2) is 26.0 Å². The standard InChI is InChI=1S/C21H23FN4O/c1-5-21(3,4)13-20(27)17-10-16(15-6-8-18(22)9-7-15)11-19(12-17)26-14(2)23-24-25-26/h6-12H,5,13H2,1-4H3. The van der Waals surface area contributed by atoms with Gasteiger partial charge in [0.2, 0.25) is 0 Å². The van der Waals surface area contributed by atoms with Gasteiger partial charge in [-0.05, 0) is 64.2 Å². The van der Waals surface area contributed by atoms with Gasteiger partial charge in [-0.3, -0.25) is 4.79 Å². The lowest BCUT2D eigenvalue weighted by atomic mass is 9.83. The van der Waals surface area contributed by atoms with Gasteiger partial charge in [0.1, 0.15) is 5.82 Å². The van der Waals surface area contributed by atoms with Crippen LogP contribution in [0.25, 0.3) is 16.8 Å². The zero-order chi connectivity index (χ0) is 19.6. The molecule has 2 aromatic carbocycles. The monoisotopic (exact) mass is 366 g/mol. The topological polar surface area (TPSA) is 60.7 Å². The molecule has 0 bridgehead atoms. The molecule has 0 saturated carbocycles. The third-order valence-corrected chi connectivity index (χ3v) is 4.88. The van der Waals surface area contributed by atoms with Crippen LogP contribution in [-0.2, 0) is 0 Å². The molecule has 0 amide bonds. The fourth-order valence-electron chi connectivity index (χ4n) is 2.84. The van der Waals surface area contributed by atoms with Crippen molar-refractivity contribution in [2.45, 2.75) is 40.5 Å². The number of ketones is 1. The van der Waals surface area contributed by atoms with Crippen molar-refractivity contribution in [3.05, 3.63) is 59.7 Å². The fourth-order valence-corrected chi connectivity index (χ4v) is 2.84. The number of carbonyl (C=O) groups is 1. The molecule has 27 heavy (non-hydrogen) atoms. The summed E-state index contributed by atoms with van der Waals surface area (Å²) in [5.41, 5.74) is 2.88. The molecular weight excluding hydrogens is 343 g/mol. The van der Waals surface area contributed by atoms with Gasteiger partial charge in [-0.15, -0.1) is 5.10 Å². The molecule has 3 rings (SSSR count). The molecular formula is C21H23FN4O. The molecule has 1 heterocycles. The van der Waals surface area contributed by atoms with Crippen LogP contribution in [0.15, 0.2) is 42.5 Å². The molecule has 0 aliphatic rings. The van der Waals surface area contributed by atoms with Crippen molar-refractivity contribution in [1.29, 1.82) is 0 Å². The van der Waals surface area contributed by atoms with E-state index in [1.165, 1.54) is 12.1 Å². The Kier molecular flexibility index (Phi) is 5.17. The first-order valence-electron chi connectivity index (χ1n) is 8.99. The highest BCUT2D eigenvalue weighted by Gasteiger charge is 2.22. The van der Waals surface area contributed by atoms with Crippen LogP contribution in [0, 0.1) is 18.2 Å². The van der Waals surface area contributed by atoms with E-state index >= 15 is 0 Å². The van der Waals surface area contributed by atoms with Gasteiger partial charge in [-0.25, -0.2) is 4.39 Å². The number of tetrazole rings is 1. The zero-order valence-corrected chi connectivity index (χ0v) is 16.0. The summed E-state index contributed by atoms with van der Waals surface area (Å²) in [6, 6.07) is 11.8. The Morgan fingerprint density at radius 1 is 1.11 bits per heavy atom. The van der Waals surface area contributed by atoms with Crippen molar-refractivity contribution in [1.82, 2.24) is 20.2 Å². The molecule has 0 radical (unpaired) electrons. The van der Waals surface area contributed by atoms with Crippen LogP contribution < -0.4 is 0 Å². The minimum absolute atomic E-state index is 0.0674. The number of hydrogen-bond acceptors (Lipinski definition) is 4. The summed E-state index contributed by atoms with van der Waals surface area (Å²) in [6.45, 7) is 8.05. The van der Waals surface area contributed by atoms with E-state index in [1.54, 1.807) is 23.7 Å². The smallest absolute Gasteiger partial charge is 0.163 e. The van der Waals surface area contributed by atoms with E-state index in [1.807, 2.05) is 18.2 Å². The van der Waals surface area contributed by atoms with Crippen LogP contribution in [0.3, 0.4) is 0 Å². The van der Waals surface area contributed by atoms with Crippen LogP contribution in [0.4, 0.5) is 4.39 Å². The van der Waals surface area contributed by atoms with E-state index in [-0.39, 0.29) is 17.0 Å². The third-order valence-electron chi connectivity index (χ3n) is 4.88. The number of halogens is 1. The second-order valence-electron chi connectivity index (χ2n) is 7.53. The van der Waals surface area contributed by atoms with Crippen molar-refractivity contribution in [3.63, 3.8) is 0 Å². The lowest BCUT2D eigenvalue weighted by molar-refractivity contribution is 0.0928. The summed E-state index contributed by atoms with van der Waals surface area (Å²) in [4.78, 5) is 12.9. The Balaban J connectivity index is 2.10. The molecule has 0 aliphatic carbocycles. The average molecular weight is 366 g/mol. The lowest BCUT2D eigenvalue weighted by Crippen LogP contribution is -2.16. The summed E-state index contributed by atoms with van der Waals surface area (Å²) < 4.78 is 14.9. The number of aromatic nitrogens is 4. The van der Waals surface area contributed by atoms with Crippen molar-refractivity contribution < 1.29 is 9.18 Å². The first kappa shape index (κ1) is 18.9. The van der Waals surface area contributed by atoms with E-state index in [2.05, 4.69) is 36.3 Å². The lowest BCUT2D eigenvalue weighted by Gasteiger charge is -2.21. The molecule has 3 aromatic rings. The molecule has 0 saturated heterocycles. The molecule has 0 unspecified atom stereocenters. The number of rotatable bonds is 6. The maximum absolute atomic E-state index is 13.3. The average Bonchev–Trinajstić information content (AvgIpc) is 3.07. The van der Waals surface area contributed by atoms with Crippen molar-refractivity contribution in [3.8, 4) is 16.8 Å². The summed E-state index contributed by atoms with van der Waals surface area (Å²) in [6.07, 6.45) is 1.36. The van der Waals surface area contributed by atoms with E-state index in [0.717, 1.165) is 17.5 Å². The molecule has 0 atom stereocenters. The van der Waals surface area contributed by atoms with Crippen LogP contribution in [0.5, 0.6) is 0 Å². The highest BCUT2D eigenvalue weighted by atomic mass is 19.1. The number of nitrogens with zero attached hydrogens (tertiary/aromatic N) is 4. The number of aryl methyl sites for hydroxylation is 1. The molecule has 140 valence electrons. The molecule has 0 fully saturated rings. The number of carbonyl (C=O) groups excluding carboxylic acids is 1. The maximum Gasteiger partial charge on any atom is 0.163 e. The largest absolute Gasteiger partial charge is 0.294 e. The molecule has 0 spiro atoms. The van der Waals surface area contributed by atoms with Crippen LogP contribution >= 0.6 is 0 Å². The number of Topliss-reactive ketones (excluding diaryl/α,β-unsaturated/α-hetero) is 1. The molecule has 1 aromatic heterocycles. The summed E-state index contributed by atoms with van der Waals surface area (Å²) in [5.74, 6) is 0.392. The Bertz CT molecular complexity index is 961. The SMILES string of the molecule is CCC(C)(C)CC(=O)c1cc(-c2ccc(F)cc2)cc(-n2nnnc2C)c1. The Morgan fingerprint density at radius 3 is 2.41 bits per heavy atom. The van der Waals surface area contributed by atoms with Gasteiger partial charge in [0, 0.05) is 12.0 Å². The van der Waals surface area contributed by atoms with Crippen molar-refractivity contribution >= 4 is 5.78 Å². The van der Waals surface area contributed by atoms with Gasteiger partial charge < -0.3 is 0 Å². The quantitative estimate of drug-likeness (QED) is 0.589. The highest BCUT2D eigenvalue weighted by molar-refractivity contribution is 5.98. The molecule has 5 nitrogen and oxygen atoms in total. The van der Waals surface area contributed by atoms with Crippen LogP contribution in [0.1, 0.15) is 49.8 Å². The van der Waals surface area contributed by atoms with Gasteiger partial charge in [-0.2, -0.15) is 4.68 Å².